The topological polar surface area (TPSA) is 55.1 Å². The summed E-state index contributed by atoms with van der Waals surface area (Å²) in [7, 11) is 0. The van der Waals surface area contributed by atoms with Crippen molar-refractivity contribution in [2.45, 2.75) is 13.0 Å². The SMILES string of the molecule is O=C(O)[C@@H]1C[C@H]1Cn1cc(Br)cn1. The number of rotatable bonds is 3. The van der Waals surface area contributed by atoms with Crippen molar-refractivity contribution in [1.29, 1.82) is 0 Å². The normalized spacial score (nSPS) is 25.9. The fourth-order valence-electron chi connectivity index (χ4n) is 1.43. The van der Waals surface area contributed by atoms with Crippen molar-refractivity contribution in [2.24, 2.45) is 11.8 Å². The third-order valence-electron chi connectivity index (χ3n) is 2.26. The Balaban J connectivity index is 1.91. The Labute approximate surface area is 83.7 Å². The second-order valence-corrected chi connectivity index (χ2v) is 4.24. The van der Waals surface area contributed by atoms with Crippen LogP contribution in [0.4, 0.5) is 0 Å². The molecule has 0 amide bonds. The van der Waals surface area contributed by atoms with E-state index < -0.39 is 5.97 Å². The summed E-state index contributed by atoms with van der Waals surface area (Å²) >= 11 is 3.29. The first-order valence-electron chi connectivity index (χ1n) is 4.07. The Morgan fingerprint density at radius 2 is 2.62 bits per heavy atom. The number of hydrogen-bond acceptors (Lipinski definition) is 2. The van der Waals surface area contributed by atoms with Crippen LogP contribution in [-0.2, 0) is 11.3 Å². The van der Waals surface area contributed by atoms with Gasteiger partial charge in [-0.3, -0.25) is 9.48 Å². The highest BCUT2D eigenvalue weighted by atomic mass is 79.9. The zero-order valence-electron chi connectivity index (χ0n) is 6.85. The van der Waals surface area contributed by atoms with Crippen LogP contribution in [0.25, 0.3) is 0 Å². The van der Waals surface area contributed by atoms with Crippen LogP contribution in [0.5, 0.6) is 0 Å². The number of nitrogens with zero attached hydrogens (tertiary/aromatic N) is 2. The van der Waals surface area contributed by atoms with Gasteiger partial charge in [-0.15, -0.1) is 0 Å². The molecular formula is C8H9BrN2O2. The van der Waals surface area contributed by atoms with Crippen LogP contribution in [0.15, 0.2) is 16.9 Å². The van der Waals surface area contributed by atoms with Gasteiger partial charge in [0.25, 0.3) is 0 Å². The van der Waals surface area contributed by atoms with Crippen LogP contribution in [0.3, 0.4) is 0 Å². The number of carboxylic acids is 1. The zero-order chi connectivity index (χ0) is 9.42. The summed E-state index contributed by atoms with van der Waals surface area (Å²) in [6.07, 6.45) is 4.35. The van der Waals surface area contributed by atoms with E-state index in [1.807, 2.05) is 6.20 Å². The molecule has 4 nitrogen and oxygen atoms in total. The minimum Gasteiger partial charge on any atom is -0.481 e. The molecule has 5 heteroatoms. The standard InChI is InChI=1S/C8H9BrN2O2/c9-6-2-10-11(4-6)3-5-1-7(5)8(12)13/h2,4-5,7H,1,3H2,(H,12,13)/t5-,7+/m0/s1. The molecule has 0 saturated heterocycles. The Morgan fingerprint density at radius 3 is 3.08 bits per heavy atom. The summed E-state index contributed by atoms with van der Waals surface area (Å²) in [5.74, 6) is -0.566. The van der Waals surface area contributed by atoms with Gasteiger partial charge in [0.05, 0.1) is 16.6 Å². The van der Waals surface area contributed by atoms with Crippen molar-refractivity contribution in [1.82, 2.24) is 9.78 Å². The number of aromatic nitrogens is 2. The molecule has 13 heavy (non-hydrogen) atoms. The van der Waals surface area contributed by atoms with Crippen molar-refractivity contribution in [3.63, 3.8) is 0 Å². The number of carbonyl (C=O) groups is 1. The van der Waals surface area contributed by atoms with Crippen LogP contribution in [0.1, 0.15) is 6.42 Å². The predicted octanol–water partition coefficient (Wildman–Crippen LogP) is 1.37. The summed E-state index contributed by atoms with van der Waals surface area (Å²) in [6, 6.07) is 0. The molecule has 1 N–H and O–H groups in total. The van der Waals surface area contributed by atoms with Gasteiger partial charge in [-0.2, -0.15) is 5.10 Å². The molecule has 2 atom stereocenters. The van der Waals surface area contributed by atoms with E-state index in [2.05, 4.69) is 21.0 Å². The van der Waals surface area contributed by atoms with Gasteiger partial charge in [-0.05, 0) is 28.3 Å². The van der Waals surface area contributed by atoms with E-state index in [0.717, 1.165) is 10.9 Å². The Kier molecular flexibility index (Phi) is 2.11. The summed E-state index contributed by atoms with van der Waals surface area (Å²) in [5.41, 5.74) is 0. The van der Waals surface area contributed by atoms with Gasteiger partial charge < -0.3 is 5.11 Å². The maximum Gasteiger partial charge on any atom is 0.306 e. The molecule has 0 radical (unpaired) electrons. The lowest BCUT2D eigenvalue weighted by Gasteiger charge is -1.97. The minimum absolute atomic E-state index is 0.150. The molecule has 1 aromatic rings. The Bertz CT molecular complexity index is 337. The number of carboxylic acid groups (broad SMARTS) is 1. The van der Waals surface area contributed by atoms with E-state index in [1.165, 1.54) is 0 Å². The average Bonchev–Trinajstić information content (AvgIpc) is 2.69. The van der Waals surface area contributed by atoms with Gasteiger partial charge in [0.15, 0.2) is 0 Å². The van der Waals surface area contributed by atoms with Gasteiger partial charge in [0, 0.05) is 12.7 Å². The maximum absolute atomic E-state index is 10.5. The van der Waals surface area contributed by atoms with E-state index in [4.69, 9.17) is 5.11 Å². The lowest BCUT2D eigenvalue weighted by molar-refractivity contribution is -0.138. The third-order valence-corrected chi connectivity index (χ3v) is 2.67. The fraction of sp³-hybridized carbons (Fsp3) is 0.500. The second-order valence-electron chi connectivity index (χ2n) is 3.32. The molecule has 70 valence electrons. The Morgan fingerprint density at radius 1 is 1.85 bits per heavy atom. The van der Waals surface area contributed by atoms with E-state index >= 15 is 0 Å². The van der Waals surface area contributed by atoms with Crippen molar-refractivity contribution in [3.8, 4) is 0 Å². The molecule has 1 fully saturated rings. The van der Waals surface area contributed by atoms with Crippen LogP contribution in [-0.4, -0.2) is 20.9 Å². The first-order chi connectivity index (χ1) is 6.16. The van der Waals surface area contributed by atoms with Gasteiger partial charge in [0.2, 0.25) is 0 Å². The maximum atomic E-state index is 10.5. The second kappa shape index (κ2) is 3.14. The summed E-state index contributed by atoms with van der Waals surface area (Å²) < 4.78 is 2.71. The van der Waals surface area contributed by atoms with E-state index in [-0.39, 0.29) is 11.8 Å². The van der Waals surface area contributed by atoms with Crippen molar-refractivity contribution in [3.05, 3.63) is 16.9 Å². The Hall–Kier alpha value is -0.840. The van der Waals surface area contributed by atoms with Gasteiger partial charge in [-0.25, -0.2) is 0 Å². The fourth-order valence-corrected chi connectivity index (χ4v) is 1.76. The number of halogens is 1. The van der Waals surface area contributed by atoms with Gasteiger partial charge in [0.1, 0.15) is 0 Å². The highest BCUT2D eigenvalue weighted by molar-refractivity contribution is 9.10. The number of aliphatic carboxylic acids is 1. The van der Waals surface area contributed by atoms with Crippen LogP contribution in [0.2, 0.25) is 0 Å². The monoisotopic (exact) mass is 244 g/mol. The quantitative estimate of drug-likeness (QED) is 0.874. The van der Waals surface area contributed by atoms with E-state index in [1.54, 1.807) is 10.9 Å². The van der Waals surface area contributed by atoms with Crippen LogP contribution < -0.4 is 0 Å². The molecular weight excluding hydrogens is 236 g/mol. The molecule has 1 aliphatic carbocycles. The molecule has 0 unspecified atom stereocenters. The number of hydrogen-bond donors (Lipinski definition) is 1. The van der Waals surface area contributed by atoms with Crippen molar-refractivity contribution in [2.75, 3.05) is 0 Å². The first kappa shape index (κ1) is 8.74. The highest BCUT2D eigenvalue weighted by Crippen LogP contribution is 2.39. The highest BCUT2D eigenvalue weighted by Gasteiger charge is 2.43. The predicted molar refractivity (Wildman–Crippen MR) is 49.2 cm³/mol. The molecule has 1 heterocycles. The van der Waals surface area contributed by atoms with Crippen LogP contribution in [0, 0.1) is 11.8 Å². The van der Waals surface area contributed by atoms with Crippen LogP contribution >= 0.6 is 15.9 Å². The largest absolute Gasteiger partial charge is 0.481 e. The molecule has 1 aliphatic rings. The molecule has 1 aromatic heterocycles. The lowest BCUT2D eigenvalue weighted by atomic mass is 10.3. The third kappa shape index (κ3) is 1.91. The average molecular weight is 245 g/mol. The van der Waals surface area contributed by atoms with Gasteiger partial charge in [-0.1, -0.05) is 0 Å². The van der Waals surface area contributed by atoms with Crippen molar-refractivity contribution < 1.29 is 9.90 Å². The summed E-state index contributed by atoms with van der Waals surface area (Å²) in [4.78, 5) is 10.5. The minimum atomic E-state index is -0.684. The lowest BCUT2D eigenvalue weighted by Crippen LogP contribution is -2.05. The van der Waals surface area contributed by atoms with Gasteiger partial charge >= 0.3 is 5.97 Å². The smallest absolute Gasteiger partial charge is 0.306 e. The molecule has 0 aromatic carbocycles. The first-order valence-corrected chi connectivity index (χ1v) is 4.87. The molecule has 0 spiro atoms. The summed E-state index contributed by atoms with van der Waals surface area (Å²) in [6.45, 7) is 0.711. The molecule has 1 saturated carbocycles. The molecule has 2 rings (SSSR count). The molecule has 0 bridgehead atoms. The molecule has 0 aliphatic heterocycles. The summed E-state index contributed by atoms with van der Waals surface area (Å²) in [5, 5.41) is 12.7. The van der Waals surface area contributed by atoms with E-state index in [0.29, 0.717) is 6.54 Å². The van der Waals surface area contributed by atoms with Crippen molar-refractivity contribution >= 4 is 21.9 Å². The zero-order valence-corrected chi connectivity index (χ0v) is 8.44. The van der Waals surface area contributed by atoms with E-state index in [9.17, 15) is 4.79 Å².